The van der Waals surface area contributed by atoms with Crippen LogP contribution in [0.15, 0.2) is 48.5 Å². The lowest BCUT2D eigenvalue weighted by Crippen LogP contribution is -2.20. The van der Waals surface area contributed by atoms with E-state index in [-0.39, 0.29) is 18.3 Å². The van der Waals surface area contributed by atoms with Crippen LogP contribution in [0.3, 0.4) is 0 Å². The summed E-state index contributed by atoms with van der Waals surface area (Å²) >= 11 is 0. The molecule has 0 aliphatic heterocycles. The molecule has 0 atom stereocenters. The van der Waals surface area contributed by atoms with Crippen LogP contribution in [0.4, 0.5) is 5.69 Å². The van der Waals surface area contributed by atoms with E-state index in [1.165, 1.54) is 6.92 Å². The summed E-state index contributed by atoms with van der Waals surface area (Å²) in [5, 5.41) is 2.66. The lowest BCUT2D eigenvalue weighted by molar-refractivity contribution is -0.118. The molecule has 0 aromatic heterocycles. The van der Waals surface area contributed by atoms with Crippen LogP contribution in [0.2, 0.25) is 0 Å². The molecular formula is C19H19NO5. The number of hydrogen-bond acceptors (Lipinski definition) is 5. The Bertz CT molecular complexity index is 768. The molecule has 6 nitrogen and oxygen atoms in total. The SMILES string of the molecule is CCOC(=O)c1ccc(NC(=O)COc2ccccc2C(C)=O)cc1. The van der Waals surface area contributed by atoms with Crippen molar-refractivity contribution >= 4 is 23.3 Å². The van der Waals surface area contributed by atoms with Crippen LogP contribution in [0, 0.1) is 0 Å². The summed E-state index contributed by atoms with van der Waals surface area (Å²) in [4.78, 5) is 35.1. The van der Waals surface area contributed by atoms with Gasteiger partial charge in [0.2, 0.25) is 0 Å². The van der Waals surface area contributed by atoms with Crippen molar-refractivity contribution in [1.29, 1.82) is 0 Å². The van der Waals surface area contributed by atoms with E-state index in [4.69, 9.17) is 9.47 Å². The highest BCUT2D eigenvalue weighted by molar-refractivity contribution is 5.97. The van der Waals surface area contributed by atoms with Gasteiger partial charge in [0.15, 0.2) is 12.4 Å². The van der Waals surface area contributed by atoms with Gasteiger partial charge in [0.1, 0.15) is 5.75 Å². The van der Waals surface area contributed by atoms with Crippen LogP contribution in [0.25, 0.3) is 0 Å². The van der Waals surface area contributed by atoms with Crippen LogP contribution in [-0.4, -0.2) is 30.9 Å². The summed E-state index contributed by atoms with van der Waals surface area (Å²) in [5.74, 6) is -0.555. The Morgan fingerprint density at radius 3 is 2.32 bits per heavy atom. The number of Topliss-reactive ketones (excluding diaryl/α,β-unsaturated/α-hetero) is 1. The van der Waals surface area contributed by atoms with Gasteiger partial charge in [0.25, 0.3) is 5.91 Å². The van der Waals surface area contributed by atoms with Gasteiger partial charge in [-0.05, 0) is 50.2 Å². The summed E-state index contributed by atoms with van der Waals surface area (Å²) in [7, 11) is 0. The van der Waals surface area contributed by atoms with Crippen LogP contribution >= 0.6 is 0 Å². The molecule has 1 amide bonds. The van der Waals surface area contributed by atoms with Crippen molar-refractivity contribution in [1.82, 2.24) is 0 Å². The second-order valence-electron chi connectivity index (χ2n) is 5.19. The molecular weight excluding hydrogens is 322 g/mol. The van der Waals surface area contributed by atoms with Gasteiger partial charge in [-0.3, -0.25) is 9.59 Å². The molecule has 2 aromatic carbocycles. The maximum atomic E-state index is 12.0. The van der Waals surface area contributed by atoms with E-state index in [9.17, 15) is 14.4 Å². The molecule has 25 heavy (non-hydrogen) atoms. The largest absolute Gasteiger partial charge is 0.483 e. The number of ether oxygens (including phenoxy) is 2. The molecule has 0 aliphatic carbocycles. The second kappa shape index (κ2) is 8.63. The zero-order valence-corrected chi connectivity index (χ0v) is 14.1. The van der Waals surface area contributed by atoms with Crippen molar-refractivity contribution in [3.05, 3.63) is 59.7 Å². The summed E-state index contributed by atoms with van der Waals surface area (Å²) in [6, 6.07) is 13.1. The minimum absolute atomic E-state index is 0.134. The van der Waals surface area contributed by atoms with Crippen molar-refractivity contribution in [2.24, 2.45) is 0 Å². The lowest BCUT2D eigenvalue weighted by atomic mass is 10.1. The predicted octanol–water partition coefficient (Wildman–Crippen LogP) is 3.08. The standard InChI is InChI=1S/C19H19NO5/c1-3-24-19(23)14-8-10-15(11-9-14)20-18(22)12-25-17-7-5-4-6-16(17)13(2)21/h4-11H,3,12H2,1-2H3,(H,20,22). The average Bonchev–Trinajstić information content (AvgIpc) is 2.61. The fraction of sp³-hybridized carbons (Fsp3) is 0.211. The fourth-order valence-corrected chi connectivity index (χ4v) is 2.13. The van der Waals surface area contributed by atoms with E-state index in [1.54, 1.807) is 55.5 Å². The highest BCUT2D eigenvalue weighted by Crippen LogP contribution is 2.18. The van der Waals surface area contributed by atoms with Gasteiger partial charge >= 0.3 is 5.97 Å². The maximum absolute atomic E-state index is 12.0. The quantitative estimate of drug-likeness (QED) is 0.618. The number of nitrogens with one attached hydrogen (secondary N) is 1. The Morgan fingerprint density at radius 1 is 1.00 bits per heavy atom. The Balaban J connectivity index is 1.93. The van der Waals surface area contributed by atoms with E-state index >= 15 is 0 Å². The van der Waals surface area contributed by atoms with Crippen LogP contribution in [-0.2, 0) is 9.53 Å². The molecule has 0 unspecified atom stereocenters. The van der Waals surface area contributed by atoms with Crippen LogP contribution in [0.1, 0.15) is 34.6 Å². The van der Waals surface area contributed by atoms with Crippen molar-refractivity contribution in [3.8, 4) is 5.75 Å². The number of rotatable bonds is 7. The zero-order chi connectivity index (χ0) is 18.2. The molecule has 0 spiro atoms. The molecule has 0 heterocycles. The molecule has 130 valence electrons. The van der Waals surface area contributed by atoms with Crippen LogP contribution in [0.5, 0.6) is 5.75 Å². The van der Waals surface area contributed by atoms with Crippen molar-refractivity contribution in [2.45, 2.75) is 13.8 Å². The first-order chi connectivity index (χ1) is 12.0. The Hall–Kier alpha value is -3.15. The van der Waals surface area contributed by atoms with E-state index < -0.39 is 5.97 Å². The second-order valence-corrected chi connectivity index (χ2v) is 5.19. The zero-order valence-electron chi connectivity index (χ0n) is 14.1. The van der Waals surface area contributed by atoms with Gasteiger partial charge in [-0.25, -0.2) is 4.79 Å². The number of amides is 1. The summed E-state index contributed by atoms with van der Waals surface area (Å²) in [6.07, 6.45) is 0. The summed E-state index contributed by atoms with van der Waals surface area (Å²) < 4.78 is 10.3. The number of hydrogen-bond donors (Lipinski definition) is 1. The highest BCUT2D eigenvalue weighted by Gasteiger charge is 2.10. The number of carbonyl (C=O) groups excluding carboxylic acids is 3. The number of anilines is 1. The normalized spacial score (nSPS) is 10.0. The molecule has 0 saturated carbocycles. The predicted molar refractivity (Wildman–Crippen MR) is 93.0 cm³/mol. The van der Waals surface area contributed by atoms with E-state index in [2.05, 4.69) is 5.32 Å². The average molecular weight is 341 g/mol. The molecule has 2 aromatic rings. The summed E-state index contributed by atoms with van der Waals surface area (Å²) in [6.45, 7) is 3.24. The minimum Gasteiger partial charge on any atom is -0.483 e. The Labute approximate surface area is 145 Å². The molecule has 0 saturated heterocycles. The number of esters is 1. The first kappa shape index (κ1) is 18.2. The topological polar surface area (TPSA) is 81.7 Å². The Morgan fingerprint density at radius 2 is 1.68 bits per heavy atom. The van der Waals surface area contributed by atoms with Crippen molar-refractivity contribution < 1.29 is 23.9 Å². The summed E-state index contributed by atoms with van der Waals surface area (Å²) in [5.41, 5.74) is 1.36. The number of ketones is 1. The van der Waals surface area contributed by atoms with Gasteiger partial charge < -0.3 is 14.8 Å². The van der Waals surface area contributed by atoms with E-state index in [0.717, 1.165) is 0 Å². The van der Waals surface area contributed by atoms with Crippen molar-refractivity contribution in [2.75, 3.05) is 18.5 Å². The number of carbonyl (C=O) groups is 3. The third kappa shape index (κ3) is 5.17. The first-order valence-corrected chi connectivity index (χ1v) is 7.81. The lowest BCUT2D eigenvalue weighted by Gasteiger charge is -2.10. The van der Waals surface area contributed by atoms with E-state index in [1.807, 2.05) is 0 Å². The molecule has 1 N–H and O–H groups in total. The van der Waals surface area contributed by atoms with Gasteiger partial charge in [0.05, 0.1) is 17.7 Å². The third-order valence-electron chi connectivity index (χ3n) is 3.30. The number of para-hydroxylation sites is 1. The van der Waals surface area contributed by atoms with Gasteiger partial charge in [0, 0.05) is 5.69 Å². The molecule has 0 radical (unpaired) electrons. The first-order valence-electron chi connectivity index (χ1n) is 7.81. The Kier molecular flexibility index (Phi) is 6.28. The highest BCUT2D eigenvalue weighted by atomic mass is 16.5. The molecule has 0 fully saturated rings. The molecule has 0 aliphatic rings. The van der Waals surface area contributed by atoms with Crippen LogP contribution < -0.4 is 10.1 Å². The minimum atomic E-state index is -0.412. The smallest absolute Gasteiger partial charge is 0.338 e. The van der Waals surface area contributed by atoms with E-state index in [0.29, 0.717) is 29.2 Å². The fourth-order valence-electron chi connectivity index (χ4n) is 2.13. The maximum Gasteiger partial charge on any atom is 0.338 e. The molecule has 0 bridgehead atoms. The van der Waals surface area contributed by atoms with Gasteiger partial charge in [-0.1, -0.05) is 12.1 Å². The molecule has 6 heteroatoms. The van der Waals surface area contributed by atoms with Gasteiger partial charge in [-0.15, -0.1) is 0 Å². The third-order valence-corrected chi connectivity index (χ3v) is 3.30. The monoisotopic (exact) mass is 341 g/mol. The van der Waals surface area contributed by atoms with Crippen molar-refractivity contribution in [3.63, 3.8) is 0 Å². The number of benzene rings is 2. The molecule has 2 rings (SSSR count). The van der Waals surface area contributed by atoms with Gasteiger partial charge in [-0.2, -0.15) is 0 Å².